The van der Waals surface area contributed by atoms with E-state index in [1.807, 2.05) is 0 Å². The van der Waals surface area contributed by atoms with Crippen molar-refractivity contribution in [3.05, 3.63) is 10.8 Å². The number of nitrogens with zero attached hydrogens (tertiary/aromatic N) is 3. The molecule has 3 nitrogen and oxygen atoms in total. The first-order valence-corrected chi connectivity index (χ1v) is 4.03. The van der Waals surface area contributed by atoms with Gasteiger partial charge in [0.15, 0.2) is 0 Å². The van der Waals surface area contributed by atoms with Crippen molar-refractivity contribution in [2.24, 2.45) is 13.0 Å². The molecule has 0 spiro atoms. The Morgan fingerprint density at radius 2 is 2.18 bits per heavy atom. The molecule has 1 aromatic heterocycles. The van der Waals surface area contributed by atoms with Gasteiger partial charge in [-0.05, 0) is 12.3 Å². The molecule has 0 atom stereocenters. The van der Waals surface area contributed by atoms with Crippen LogP contribution in [0.2, 0.25) is 5.15 Å². The minimum atomic E-state index is 0.573. The first-order valence-electron chi connectivity index (χ1n) is 3.65. The number of aromatic nitrogens is 3. The standard InChI is InChI=1S/C7H12ClN3/c1-5(2)4-6-7(8)11(3)10-9-6/h5H,4H2,1-3H3. The molecular formula is C7H12ClN3. The highest BCUT2D eigenvalue weighted by Crippen LogP contribution is 2.14. The molecule has 0 aliphatic carbocycles. The van der Waals surface area contributed by atoms with E-state index < -0.39 is 0 Å². The molecule has 0 aromatic carbocycles. The monoisotopic (exact) mass is 173 g/mol. The predicted octanol–water partition coefficient (Wildman–Crippen LogP) is 1.67. The maximum Gasteiger partial charge on any atom is 0.150 e. The third-order valence-corrected chi connectivity index (χ3v) is 1.89. The Labute approximate surface area is 71.4 Å². The highest BCUT2D eigenvalue weighted by molar-refractivity contribution is 6.30. The third-order valence-electron chi connectivity index (χ3n) is 1.42. The molecule has 1 heterocycles. The molecular weight excluding hydrogens is 162 g/mol. The number of aryl methyl sites for hydroxylation is 1. The fourth-order valence-electron chi connectivity index (χ4n) is 0.900. The zero-order valence-electron chi connectivity index (χ0n) is 7.00. The van der Waals surface area contributed by atoms with Crippen molar-refractivity contribution in [2.75, 3.05) is 0 Å². The van der Waals surface area contributed by atoms with Crippen LogP contribution in [0.3, 0.4) is 0 Å². The lowest BCUT2D eigenvalue weighted by molar-refractivity contribution is 0.633. The van der Waals surface area contributed by atoms with Crippen LogP contribution in [-0.4, -0.2) is 15.0 Å². The summed E-state index contributed by atoms with van der Waals surface area (Å²) in [5, 5.41) is 8.39. The van der Waals surface area contributed by atoms with Crippen LogP contribution in [0.15, 0.2) is 0 Å². The molecule has 0 saturated heterocycles. The van der Waals surface area contributed by atoms with Crippen LogP contribution in [0.1, 0.15) is 19.5 Å². The average molecular weight is 174 g/mol. The molecule has 0 aliphatic heterocycles. The Morgan fingerprint density at radius 3 is 2.55 bits per heavy atom. The van der Waals surface area contributed by atoms with Crippen molar-refractivity contribution >= 4 is 11.6 Å². The number of hydrogen-bond acceptors (Lipinski definition) is 2. The minimum Gasteiger partial charge on any atom is -0.237 e. The van der Waals surface area contributed by atoms with Gasteiger partial charge in [0.2, 0.25) is 0 Å². The molecule has 0 fully saturated rings. The van der Waals surface area contributed by atoms with Gasteiger partial charge < -0.3 is 0 Å². The highest BCUT2D eigenvalue weighted by atomic mass is 35.5. The Kier molecular flexibility index (Phi) is 2.49. The van der Waals surface area contributed by atoms with Crippen LogP contribution in [0.25, 0.3) is 0 Å². The third kappa shape index (κ3) is 1.93. The van der Waals surface area contributed by atoms with Gasteiger partial charge in [0, 0.05) is 7.05 Å². The molecule has 11 heavy (non-hydrogen) atoms. The molecule has 0 radical (unpaired) electrons. The first-order chi connectivity index (χ1) is 5.11. The van der Waals surface area contributed by atoms with Crippen LogP contribution in [0.4, 0.5) is 0 Å². The Hall–Kier alpha value is -0.570. The van der Waals surface area contributed by atoms with E-state index in [1.165, 1.54) is 0 Å². The van der Waals surface area contributed by atoms with Gasteiger partial charge in [-0.1, -0.05) is 30.7 Å². The fourth-order valence-corrected chi connectivity index (χ4v) is 1.05. The van der Waals surface area contributed by atoms with Crippen LogP contribution >= 0.6 is 11.6 Å². The SMILES string of the molecule is CC(C)Cc1nnn(C)c1Cl. The summed E-state index contributed by atoms with van der Waals surface area (Å²) < 4.78 is 1.58. The summed E-state index contributed by atoms with van der Waals surface area (Å²) in [5.41, 5.74) is 0.893. The largest absolute Gasteiger partial charge is 0.237 e. The lowest BCUT2D eigenvalue weighted by atomic mass is 10.1. The molecule has 0 saturated carbocycles. The second kappa shape index (κ2) is 3.22. The lowest BCUT2D eigenvalue weighted by Gasteiger charge is -1.99. The molecule has 62 valence electrons. The summed E-state index contributed by atoms with van der Waals surface area (Å²) in [6, 6.07) is 0. The van der Waals surface area contributed by atoms with Gasteiger partial charge in [-0.25, -0.2) is 4.68 Å². The van der Waals surface area contributed by atoms with E-state index in [9.17, 15) is 0 Å². The molecule has 0 amide bonds. The Bertz CT molecular complexity index is 242. The first kappa shape index (κ1) is 8.53. The molecule has 0 aliphatic rings. The van der Waals surface area contributed by atoms with Crippen molar-refractivity contribution in [3.63, 3.8) is 0 Å². The smallest absolute Gasteiger partial charge is 0.150 e. The van der Waals surface area contributed by atoms with Crippen molar-refractivity contribution in [1.29, 1.82) is 0 Å². The Balaban J connectivity index is 2.79. The summed E-state index contributed by atoms with van der Waals surface area (Å²) in [7, 11) is 1.79. The van der Waals surface area contributed by atoms with E-state index in [-0.39, 0.29) is 0 Å². The van der Waals surface area contributed by atoms with E-state index in [0.717, 1.165) is 12.1 Å². The molecule has 1 aromatic rings. The second-order valence-corrected chi connectivity index (χ2v) is 3.41. The molecule has 0 N–H and O–H groups in total. The summed E-state index contributed by atoms with van der Waals surface area (Å²) in [5.74, 6) is 0.573. The fraction of sp³-hybridized carbons (Fsp3) is 0.714. The van der Waals surface area contributed by atoms with E-state index >= 15 is 0 Å². The van der Waals surface area contributed by atoms with Gasteiger partial charge in [0.05, 0.1) is 0 Å². The minimum absolute atomic E-state index is 0.573. The van der Waals surface area contributed by atoms with Gasteiger partial charge in [-0.2, -0.15) is 0 Å². The summed E-state index contributed by atoms with van der Waals surface area (Å²) in [6.07, 6.45) is 0.896. The quantitative estimate of drug-likeness (QED) is 0.681. The van der Waals surface area contributed by atoms with Crippen molar-refractivity contribution in [3.8, 4) is 0 Å². The molecule has 0 unspecified atom stereocenters. The maximum absolute atomic E-state index is 5.89. The predicted molar refractivity (Wildman–Crippen MR) is 44.6 cm³/mol. The zero-order chi connectivity index (χ0) is 8.43. The number of halogens is 1. The molecule has 1 rings (SSSR count). The van der Waals surface area contributed by atoms with E-state index in [0.29, 0.717) is 11.1 Å². The normalized spacial score (nSPS) is 11.0. The summed E-state index contributed by atoms with van der Waals surface area (Å²) >= 11 is 5.89. The van der Waals surface area contributed by atoms with Gasteiger partial charge in [0.25, 0.3) is 0 Å². The molecule has 0 bridgehead atoms. The summed E-state index contributed by atoms with van der Waals surface area (Å²) in [6.45, 7) is 4.26. The maximum atomic E-state index is 5.89. The number of hydrogen-bond donors (Lipinski definition) is 0. The highest BCUT2D eigenvalue weighted by Gasteiger charge is 2.08. The molecule has 4 heteroatoms. The van der Waals surface area contributed by atoms with Gasteiger partial charge in [-0.3, -0.25) is 0 Å². The van der Waals surface area contributed by atoms with Crippen molar-refractivity contribution in [1.82, 2.24) is 15.0 Å². The van der Waals surface area contributed by atoms with Gasteiger partial charge in [-0.15, -0.1) is 5.10 Å². The average Bonchev–Trinajstić information content (AvgIpc) is 2.18. The second-order valence-electron chi connectivity index (χ2n) is 3.05. The van der Waals surface area contributed by atoms with Crippen molar-refractivity contribution in [2.45, 2.75) is 20.3 Å². The Morgan fingerprint density at radius 1 is 1.55 bits per heavy atom. The van der Waals surface area contributed by atoms with E-state index in [4.69, 9.17) is 11.6 Å². The van der Waals surface area contributed by atoms with Crippen LogP contribution < -0.4 is 0 Å². The van der Waals surface area contributed by atoms with Crippen molar-refractivity contribution < 1.29 is 0 Å². The lowest BCUT2D eigenvalue weighted by Crippen LogP contribution is -1.95. The number of rotatable bonds is 2. The van der Waals surface area contributed by atoms with Gasteiger partial charge in [0.1, 0.15) is 10.8 Å². The van der Waals surface area contributed by atoms with Crippen LogP contribution in [0.5, 0.6) is 0 Å². The van der Waals surface area contributed by atoms with E-state index in [1.54, 1.807) is 11.7 Å². The zero-order valence-corrected chi connectivity index (χ0v) is 7.76. The van der Waals surface area contributed by atoms with Crippen LogP contribution in [0, 0.1) is 5.92 Å². The topological polar surface area (TPSA) is 30.7 Å². The summed E-state index contributed by atoms with van der Waals surface area (Å²) in [4.78, 5) is 0. The van der Waals surface area contributed by atoms with Gasteiger partial charge >= 0.3 is 0 Å². The van der Waals surface area contributed by atoms with Crippen LogP contribution in [-0.2, 0) is 13.5 Å². The van der Waals surface area contributed by atoms with E-state index in [2.05, 4.69) is 24.2 Å².